The fraction of sp³-hybridized carbons (Fsp3) is 0.0500. The SMILES string of the molecule is C=C(C)C(=O)Oc1cc2cccc3ccc4cccc1c4c32. The van der Waals surface area contributed by atoms with Crippen LogP contribution in [0, 0.1) is 0 Å². The molecule has 0 saturated heterocycles. The highest BCUT2D eigenvalue weighted by Gasteiger charge is 2.14. The number of benzene rings is 4. The van der Waals surface area contributed by atoms with Gasteiger partial charge in [-0.3, -0.25) is 0 Å². The zero-order valence-electron chi connectivity index (χ0n) is 12.2. The van der Waals surface area contributed by atoms with Crippen molar-refractivity contribution in [1.29, 1.82) is 0 Å². The van der Waals surface area contributed by atoms with Crippen LogP contribution in [-0.4, -0.2) is 5.97 Å². The maximum Gasteiger partial charge on any atom is 0.338 e. The summed E-state index contributed by atoms with van der Waals surface area (Å²) in [5, 5.41) is 6.73. The summed E-state index contributed by atoms with van der Waals surface area (Å²) in [4.78, 5) is 11.9. The van der Waals surface area contributed by atoms with Crippen LogP contribution in [0.1, 0.15) is 6.92 Å². The van der Waals surface area contributed by atoms with E-state index >= 15 is 0 Å². The Labute approximate surface area is 128 Å². The quantitative estimate of drug-likeness (QED) is 0.223. The molecule has 0 radical (unpaired) electrons. The van der Waals surface area contributed by atoms with E-state index in [0.29, 0.717) is 11.3 Å². The van der Waals surface area contributed by atoms with Gasteiger partial charge in [0, 0.05) is 16.3 Å². The van der Waals surface area contributed by atoms with Gasteiger partial charge in [-0.15, -0.1) is 0 Å². The molecule has 0 aromatic heterocycles. The molecule has 0 bridgehead atoms. The summed E-state index contributed by atoms with van der Waals surface area (Å²) in [5.41, 5.74) is 0.394. The molecule has 0 unspecified atom stereocenters. The van der Waals surface area contributed by atoms with E-state index in [1.807, 2.05) is 30.3 Å². The van der Waals surface area contributed by atoms with Crippen molar-refractivity contribution in [2.24, 2.45) is 0 Å². The van der Waals surface area contributed by atoms with E-state index in [1.165, 1.54) is 10.8 Å². The van der Waals surface area contributed by atoms with Crippen molar-refractivity contribution < 1.29 is 9.53 Å². The molecule has 4 aromatic carbocycles. The highest BCUT2D eigenvalue weighted by molar-refractivity contribution is 6.24. The third-order valence-electron chi connectivity index (χ3n) is 4.02. The lowest BCUT2D eigenvalue weighted by Crippen LogP contribution is -2.08. The van der Waals surface area contributed by atoms with Gasteiger partial charge in [-0.1, -0.05) is 55.1 Å². The Morgan fingerprint density at radius 3 is 2.27 bits per heavy atom. The van der Waals surface area contributed by atoms with E-state index < -0.39 is 5.97 Å². The number of hydrogen-bond donors (Lipinski definition) is 0. The summed E-state index contributed by atoms with van der Waals surface area (Å²) in [6, 6.07) is 18.4. The minimum atomic E-state index is -0.394. The van der Waals surface area contributed by atoms with Crippen molar-refractivity contribution in [3.8, 4) is 5.75 Å². The van der Waals surface area contributed by atoms with Crippen molar-refractivity contribution in [2.45, 2.75) is 6.92 Å². The molecule has 2 heteroatoms. The Hall–Kier alpha value is -2.87. The van der Waals surface area contributed by atoms with Crippen LogP contribution < -0.4 is 4.74 Å². The summed E-state index contributed by atoms with van der Waals surface area (Å²) in [7, 11) is 0. The van der Waals surface area contributed by atoms with E-state index in [9.17, 15) is 4.79 Å². The minimum Gasteiger partial charge on any atom is -0.423 e. The molecule has 22 heavy (non-hydrogen) atoms. The van der Waals surface area contributed by atoms with Gasteiger partial charge >= 0.3 is 5.97 Å². The molecule has 0 saturated carbocycles. The molecule has 0 aliphatic rings. The van der Waals surface area contributed by atoms with Gasteiger partial charge in [0.1, 0.15) is 5.75 Å². The molecule has 0 fully saturated rings. The Kier molecular flexibility index (Phi) is 2.67. The van der Waals surface area contributed by atoms with Gasteiger partial charge < -0.3 is 4.74 Å². The second-order valence-corrected chi connectivity index (χ2v) is 5.59. The van der Waals surface area contributed by atoms with Crippen LogP contribution in [0.4, 0.5) is 0 Å². The van der Waals surface area contributed by atoms with Crippen LogP contribution in [0.25, 0.3) is 32.3 Å². The van der Waals surface area contributed by atoms with Gasteiger partial charge in [0.15, 0.2) is 0 Å². The van der Waals surface area contributed by atoms with Crippen LogP contribution in [-0.2, 0) is 4.79 Å². The van der Waals surface area contributed by atoms with Gasteiger partial charge in [-0.2, -0.15) is 0 Å². The Morgan fingerprint density at radius 2 is 1.55 bits per heavy atom. The van der Waals surface area contributed by atoms with E-state index in [0.717, 1.165) is 21.5 Å². The van der Waals surface area contributed by atoms with Gasteiger partial charge in [0.2, 0.25) is 0 Å². The maximum absolute atomic E-state index is 11.9. The largest absolute Gasteiger partial charge is 0.423 e. The second kappa shape index (κ2) is 4.57. The first-order chi connectivity index (χ1) is 10.6. The third-order valence-corrected chi connectivity index (χ3v) is 4.02. The number of rotatable bonds is 2. The fourth-order valence-electron chi connectivity index (χ4n) is 3.00. The first-order valence-corrected chi connectivity index (χ1v) is 7.19. The van der Waals surface area contributed by atoms with E-state index in [-0.39, 0.29) is 0 Å². The number of carbonyl (C=O) groups excluding carboxylic acids is 1. The van der Waals surface area contributed by atoms with E-state index in [4.69, 9.17) is 4.74 Å². The summed E-state index contributed by atoms with van der Waals surface area (Å²) in [5.74, 6) is 0.194. The molecule has 0 aliphatic heterocycles. The molecular weight excluding hydrogens is 272 g/mol. The van der Waals surface area contributed by atoms with Crippen molar-refractivity contribution in [2.75, 3.05) is 0 Å². The molecule has 4 rings (SSSR count). The Bertz CT molecular complexity index is 1040. The van der Waals surface area contributed by atoms with Gasteiger partial charge in [-0.25, -0.2) is 4.79 Å². The summed E-state index contributed by atoms with van der Waals surface area (Å²) in [6.07, 6.45) is 0. The lowest BCUT2D eigenvalue weighted by molar-refractivity contribution is -0.129. The van der Waals surface area contributed by atoms with E-state index in [1.54, 1.807) is 6.92 Å². The monoisotopic (exact) mass is 286 g/mol. The number of esters is 1. The minimum absolute atomic E-state index is 0.394. The predicted molar refractivity (Wildman–Crippen MR) is 90.6 cm³/mol. The topological polar surface area (TPSA) is 26.3 Å². The summed E-state index contributed by atoms with van der Waals surface area (Å²) >= 11 is 0. The molecule has 4 aromatic rings. The highest BCUT2D eigenvalue weighted by Crippen LogP contribution is 2.39. The Balaban J connectivity index is 2.13. The molecule has 0 heterocycles. The smallest absolute Gasteiger partial charge is 0.338 e. The molecule has 0 N–H and O–H groups in total. The lowest BCUT2D eigenvalue weighted by atomic mass is 9.94. The fourth-order valence-corrected chi connectivity index (χ4v) is 3.00. The molecule has 2 nitrogen and oxygen atoms in total. The molecular formula is C20H14O2. The second-order valence-electron chi connectivity index (χ2n) is 5.59. The van der Waals surface area contributed by atoms with Crippen molar-refractivity contribution in [1.82, 2.24) is 0 Å². The van der Waals surface area contributed by atoms with Crippen LogP contribution >= 0.6 is 0 Å². The average molecular weight is 286 g/mol. The number of hydrogen-bond acceptors (Lipinski definition) is 2. The van der Waals surface area contributed by atoms with Crippen molar-refractivity contribution >= 4 is 38.3 Å². The lowest BCUT2D eigenvalue weighted by Gasteiger charge is -2.14. The van der Waals surface area contributed by atoms with Crippen molar-refractivity contribution in [3.63, 3.8) is 0 Å². The van der Waals surface area contributed by atoms with Gasteiger partial charge in [0.05, 0.1) is 0 Å². The van der Waals surface area contributed by atoms with Crippen LogP contribution in [0.5, 0.6) is 5.75 Å². The van der Waals surface area contributed by atoms with Crippen LogP contribution in [0.3, 0.4) is 0 Å². The van der Waals surface area contributed by atoms with E-state index in [2.05, 4.69) is 30.8 Å². The number of carbonyl (C=O) groups is 1. The first kappa shape index (κ1) is 12.8. The molecule has 0 aliphatic carbocycles. The first-order valence-electron chi connectivity index (χ1n) is 7.19. The maximum atomic E-state index is 11.9. The predicted octanol–water partition coefficient (Wildman–Crippen LogP) is 5.07. The van der Waals surface area contributed by atoms with Gasteiger partial charge in [-0.05, 0) is 34.5 Å². The van der Waals surface area contributed by atoms with Crippen LogP contribution in [0.2, 0.25) is 0 Å². The van der Waals surface area contributed by atoms with Crippen molar-refractivity contribution in [3.05, 3.63) is 66.7 Å². The third kappa shape index (κ3) is 1.77. The molecule has 0 spiro atoms. The normalized spacial score (nSPS) is 11.3. The standard InChI is InChI=1S/C20H14O2/c1-12(2)20(21)22-17-11-15-7-3-5-13-9-10-14-6-4-8-16(17)19(14)18(13)15/h3-11H,1H2,2H3. The molecule has 0 atom stereocenters. The highest BCUT2D eigenvalue weighted by atomic mass is 16.5. The summed E-state index contributed by atoms with van der Waals surface area (Å²) in [6.45, 7) is 5.30. The Morgan fingerprint density at radius 1 is 0.909 bits per heavy atom. The van der Waals surface area contributed by atoms with Gasteiger partial charge in [0.25, 0.3) is 0 Å². The molecule has 0 amide bonds. The molecule has 106 valence electrons. The summed E-state index contributed by atoms with van der Waals surface area (Å²) < 4.78 is 5.55. The zero-order valence-corrected chi connectivity index (χ0v) is 12.2. The average Bonchev–Trinajstić information content (AvgIpc) is 2.53. The zero-order chi connectivity index (χ0) is 15.3. The van der Waals surface area contributed by atoms with Crippen LogP contribution in [0.15, 0.2) is 66.7 Å². The number of ether oxygens (including phenoxy) is 1.